The average molecular weight is 269 g/mol. The Morgan fingerprint density at radius 3 is 2.65 bits per heavy atom. The van der Waals surface area contributed by atoms with Crippen LogP contribution >= 0.6 is 0 Å². The lowest BCUT2D eigenvalue weighted by molar-refractivity contribution is 0.688. The third kappa shape index (κ3) is 1.97. The van der Waals surface area contributed by atoms with E-state index in [2.05, 4.69) is 38.3 Å². The number of hydrogen-bond acceptors (Lipinski definition) is 3. The second kappa shape index (κ2) is 5.06. The second-order valence-corrected chi connectivity index (χ2v) is 6.09. The van der Waals surface area contributed by atoms with Gasteiger partial charge in [-0.1, -0.05) is 26.0 Å². The topological polar surface area (TPSA) is 50.9 Å². The molecule has 0 radical (unpaired) electrons. The molecule has 2 aromatic rings. The predicted molar refractivity (Wildman–Crippen MR) is 85.0 cm³/mol. The van der Waals surface area contributed by atoms with E-state index in [0.717, 1.165) is 23.3 Å². The van der Waals surface area contributed by atoms with Gasteiger partial charge in [-0.25, -0.2) is 0 Å². The third-order valence-corrected chi connectivity index (χ3v) is 4.43. The Morgan fingerprint density at radius 1 is 1.20 bits per heavy atom. The van der Waals surface area contributed by atoms with Crippen molar-refractivity contribution in [3.8, 4) is 0 Å². The molecule has 1 aliphatic rings. The molecule has 0 bridgehead atoms. The van der Waals surface area contributed by atoms with Crippen LogP contribution in [0.3, 0.4) is 0 Å². The van der Waals surface area contributed by atoms with Gasteiger partial charge in [-0.15, -0.1) is 0 Å². The highest BCUT2D eigenvalue weighted by atomic mass is 15.2. The highest BCUT2D eigenvalue weighted by molar-refractivity contribution is 5.96. The Kier molecular flexibility index (Phi) is 3.38. The summed E-state index contributed by atoms with van der Waals surface area (Å²) < 4.78 is 0. The number of benzene rings is 1. The standard InChI is InChI=1S/C17H23N3/c1-10(2)15-11(3)19-16-13-7-5-4-6-12(13)8-9-14(16)17(15)20-18/h8-10H,4-7,18H2,1-3H3,(H,19,20). The minimum atomic E-state index is 0.411. The number of hydrazine groups is 1. The molecule has 0 atom stereocenters. The highest BCUT2D eigenvalue weighted by Crippen LogP contribution is 2.36. The van der Waals surface area contributed by atoms with E-state index in [-0.39, 0.29) is 0 Å². The Labute approximate surface area is 120 Å². The minimum Gasteiger partial charge on any atom is -0.323 e. The largest absolute Gasteiger partial charge is 0.323 e. The molecule has 3 rings (SSSR count). The summed E-state index contributed by atoms with van der Waals surface area (Å²) in [5.74, 6) is 6.23. The molecule has 0 aliphatic heterocycles. The number of nitrogen functional groups attached to an aromatic ring is 1. The number of fused-ring (bicyclic) bond motifs is 3. The summed E-state index contributed by atoms with van der Waals surface area (Å²) in [5.41, 5.74) is 10.4. The maximum Gasteiger partial charge on any atom is 0.0761 e. The minimum absolute atomic E-state index is 0.411. The second-order valence-electron chi connectivity index (χ2n) is 6.09. The number of nitrogens with one attached hydrogen (secondary N) is 1. The van der Waals surface area contributed by atoms with Crippen LogP contribution in [0.2, 0.25) is 0 Å². The van der Waals surface area contributed by atoms with Crippen molar-refractivity contribution in [2.75, 3.05) is 5.43 Å². The Morgan fingerprint density at radius 2 is 1.95 bits per heavy atom. The zero-order valence-electron chi connectivity index (χ0n) is 12.6. The predicted octanol–water partition coefficient (Wildman–Crippen LogP) is 3.83. The summed E-state index contributed by atoms with van der Waals surface area (Å²) in [6, 6.07) is 4.45. The molecule has 0 saturated heterocycles. The molecular formula is C17H23N3. The quantitative estimate of drug-likeness (QED) is 0.643. The monoisotopic (exact) mass is 269 g/mol. The van der Waals surface area contributed by atoms with Gasteiger partial charge in [-0.2, -0.15) is 0 Å². The number of rotatable bonds is 2. The Bertz CT molecular complexity index is 659. The van der Waals surface area contributed by atoms with Crippen LogP contribution in [0.15, 0.2) is 12.1 Å². The van der Waals surface area contributed by atoms with E-state index in [1.54, 1.807) is 0 Å². The highest BCUT2D eigenvalue weighted by Gasteiger charge is 2.19. The maximum atomic E-state index is 5.82. The van der Waals surface area contributed by atoms with Crippen molar-refractivity contribution in [2.24, 2.45) is 5.84 Å². The van der Waals surface area contributed by atoms with Gasteiger partial charge < -0.3 is 5.43 Å². The van der Waals surface area contributed by atoms with E-state index in [1.165, 1.54) is 41.3 Å². The fraction of sp³-hybridized carbons (Fsp3) is 0.471. The summed E-state index contributed by atoms with van der Waals surface area (Å²) in [6.07, 6.45) is 4.89. The number of aromatic nitrogens is 1. The number of anilines is 1. The molecule has 3 nitrogen and oxygen atoms in total. The zero-order chi connectivity index (χ0) is 14.3. The van der Waals surface area contributed by atoms with E-state index in [1.807, 2.05) is 0 Å². The van der Waals surface area contributed by atoms with Crippen molar-refractivity contribution >= 4 is 16.6 Å². The molecule has 0 saturated carbocycles. The molecule has 1 aromatic heterocycles. The van der Waals surface area contributed by atoms with Crippen LogP contribution in [-0.4, -0.2) is 4.98 Å². The first-order valence-corrected chi connectivity index (χ1v) is 7.55. The van der Waals surface area contributed by atoms with Crippen LogP contribution in [0.5, 0.6) is 0 Å². The number of aryl methyl sites for hydroxylation is 3. The molecular weight excluding hydrogens is 246 g/mol. The fourth-order valence-corrected chi connectivity index (χ4v) is 3.55. The van der Waals surface area contributed by atoms with Crippen molar-refractivity contribution < 1.29 is 0 Å². The summed E-state index contributed by atoms with van der Waals surface area (Å²) in [7, 11) is 0. The summed E-state index contributed by atoms with van der Waals surface area (Å²) in [5, 5.41) is 1.17. The smallest absolute Gasteiger partial charge is 0.0761 e. The van der Waals surface area contributed by atoms with Crippen molar-refractivity contribution in [1.29, 1.82) is 0 Å². The van der Waals surface area contributed by atoms with Gasteiger partial charge in [0.25, 0.3) is 0 Å². The van der Waals surface area contributed by atoms with E-state index in [9.17, 15) is 0 Å². The SMILES string of the molecule is Cc1nc2c3c(ccc2c(NN)c1C(C)C)CCCC3. The van der Waals surface area contributed by atoms with Gasteiger partial charge in [0.05, 0.1) is 11.2 Å². The molecule has 0 amide bonds. The van der Waals surface area contributed by atoms with Gasteiger partial charge in [-0.05, 0) is 49.7 Å². The van der Waals surface area contributed by atoms with Gasteiger partial charge in [0.15, 0.2) is 0 Å². The first-order chi connectivity index (χ1) is 9.63. The zero-order valence-corrected chi connectivity index (χ0v) is 12.6. The lowest BCUT2D eigenvalue weighted by Crippen LogP contribution is -2.14. The van der Waals surface area contributed by atoms with Gasteiger partial charge in [0, 0.05) is 16.6 Å². The van der Waals surface area contributed by atoms with E-state index >= 15 is 0 Å². The summed E-state index contributed by atoms with van der Waals surface area (Å²) in [6.45, 7) is 6.47. The number of pyridine rings is 1. The lowest BCUT2D eigenvalue weighted by atomic mass is 9.88. The van der Waals surface area contributed by atoms with Gasteiger partial charge >= 0.3 is 0 Å². The molecule has 3 heteroatoms. The first kappa shape index (κ1) is 13.4. The average Bonchev–Trinajstić information content (AvgIpc) is 2.45. The van der Waals surface area contributed by atoms with Crippen LogP contribution in [0.4, 0.5) is 5.69 Å². The molecule has 0 fully saturated rings. The van der Waals surface area contributed by atoms with E-state index in [0.29, 0.717) is 5.92 Å². The normalized spacial score (nSPS) is 14.7. The fourth-order valence-electron chi connectivity index (χ4n) is 3.55. The van der Waals surface area contributed by atoms with Crippen molar-refractivity contribution in [2.45, 2.75) is 52.4 Å². The van der Waals surface area contributed by atoms with Crippen LogP contribution in [-0.2, 0) is 12.8 Å². The summed E-state index contributed by atoms with van der Waals surface area (Å²) in [4.78, 5) is 4.92. The maximum absolute atomic E-state index is 5.82. The van der Waals surface area contributed by atoms with Gasteiger partial charge in [-0.3, -0.25) is 10.8 Å². The van der Waals surface area contributed by atoms with Crippen LogP contribution in [0.25, 0.3) is 10.9 Å². The van der Waals surface area contributed by atoms with Gasteiger partial charge in [0.1, 0.15) is 0 Å². The van der Waals surface area contributed by atoms with Crippen LogP contribution < -0.4 is 11.3 Å². The molecule has 20 heavy (non-hydrogen) atoms. The Balaban J connectivity index is 2.36. The molecule has 1 aliphatic carbocycles. The van der Waals surface area contributed by atoms with Crippen LogP contribution in [0.1, 0.15) is 55.0 Å². The third-order valence-electron chi connectivity index (χ3n) is 4.43. The van der Waals surface area contributed by atoms with Crippen molar-refractivity contribution in [3.63, 3.8) is 0 Å². The van der Waals surface area contributed by atoms with Crippen LogP contribution in [0, 0.1) is 6.92 Å². The number of nitrogens with zero attached hydrogens (tertiary/aromatic N) is 1. The molecule has 3 N–H and O–H groups in total. The number of hydrogen-bond donors (Lipinski definition) is 2. The van der Waals surface area contributed by atoms with E-state index < -0.39 is 0 Å². The van der Waals surface area contributed by atoms with Crippen molar-refractivity contribution in [3.05, 3.63) is 34.5 Å². The molecule has 0 unspecified atom stereocenters. The van der Waals surface area contributed by atoms with E-state index in [4.69, 9.17) is 10.8 Å². The first-order valence-electron chi connectivity index (χ1n) is 7.55. The molecule has 0 spiro atoms. The number of nitrogens with two attached hydrogens (primary N) is 1. The Hall–Kier alpha value is -1.61. The van der Waals surface area contributed by atoms with Gasteiger partial charge in [0.2, 0.25) is 0 Å². The molecule has 1 aromatic carbocycles. The molecule has 1 heterocycles. The molecule has 106 valence electrons. The summed E-state index contributed by atoms with van der Waals surface area (Å²) >= 11 is 0. The van der Waals surface area contributed by atoms with Crippen molar-refractivity contribution in [1.82, 2.24) is 4.98 Å². The lowest BCUT2D eigenvalue weighted by Gasteiger charge is -2.22.